The predicted octanol–water partition coefficient (Wildman–Crippen LogP) is 5.81. The molecule has 4 rings (SSSR count). The third-order valence-corrected chi connectivity index (χ3v) is 6.26. The van der Waals surface area contributed by atoms with Crippen LogP contribution < -0.4 is 10.1 Å². The van der Waals surface area contributed by atoms with E-state index < -0.39 is 4.92 Å². The molecule has 1 heterocycles. The lowest BCUT2D eigenvalue weighted by atomic mass is 10.2. The van der Waals surface area contributed by atoms with E-state index in [1.165, 1.54) is 48.2 Å². The summed E-state index contributed by atoms with van der Waals surface area (Å²) in [6, 6.07) is 17.4. The van der Waals surface area contributed by atoms with E-state index in [4.69, 9.17) is 4.74 Å². The molecule has 33 heavy (non-hydrogen) atoms. The van der Waals surface area contributed by atoms with E-state index in [0.29, 0.717) is 21.5 Å². The van der Waals surface area contributed by atoms with Gasteiger partial charge in [0, 0.05) is 12.1 Å². The van der Waals surface area contributed by atoms with Crippen molar-refractivity contribution in [1.29, 1.82) is 0 Å². The number of nitro groups is 1. The summed E-state index contributed by atoms with van der Waals surface area (Å²) < 4.78 is 19.7. The van der Waals surface area contributed by atoms with Gasteiger partial charge in [0.15, 0.2) is 5.17 Å². The molecule has 0 aromatic heterocycles. The van der Waals surface area contributed by atoms with Crippen LogP contribution in [0.3, 0.4) is 0 Å². The van der Waals surface area contributed by atoms with Crippen molar-refractivity contribution >= 4 is 62.9 Å². The zero-order chi connectivity index (χ0) is 23.4. The second kappa shape index (κ2) is 10.1. The maximum Gasteiger partial charge on any atom is 0.269 e. The molecule has 7 nitrogen and oxygen atoms in total. The van der Waals surface area contributed by atoms with Crippen molar-refractivity contribution in [2.24, 2.45) is 4.99 Å². The summed E-state index contributed by atoms with van der Waals surface area (Å²) in [5.41, 5.74) is 2.22. The van der Waals surface area contributed by atoms with Gasteiger partial charge in [0.05, 0.1) is 19.1 Å². The predicted molar refractivity (Wildman–Crippen MR) is 134 cm³/mol. The minimum atomic E-state index is -0.443. The van der Waals surface area contributed by atoms with Crippen molar-refractivity contribution in [3.05, 3.63) is 102 Å². The highest BCUT2D eigenvalue weighted by Crippen LogP contribution is 2.30. The average molecular weight is 575 g/mol. The quantitative estimate of drug-likeness (QED) is 0.173. The first kappa shape index (κ1) is 22.9. The van der Waals surface area contributed by atoms with E-state index in [2.05, 4.69) is 32.9 Å². The van der Waals surface area contributed by atoms with E-state index in [9.17, 15) is 19.3 Å². The summed E-state index contributed by atoms with van der Waals surface area (Å²) in [5, 5.41) is 13.9. The fraction of sp³-hybridized carbons (Fsp3) is 0.0435. The Kier molecular flexibility index (Phi) is 7.04. The zero-order valence-corrected chi connectivity index (χ0v) is 19.8. The summed E-state index contributed by atoms with van der Waals surface area (Å²) in [7, 11) is 0. The van der Waals surface area contributed by atoms with E-state index in [1.807, 2.05) is 18.2 Å². The first-order valence-electron chi connectivity index (χ1n) is 9.58. The Hall–Kier alpha value is -3.25. The first-order valence-corrected chi connectivity index (χ1v) is 11.5. The number of carbonyl (C=O) groups is 1. The maximum absolute atomic E-state index is 13.0. The number of amides is 1. The molecular formula is C23H15FIN3O4S. The molecule has 0 atom stereocenters. The molecule has 166 valence electrons. The molecule has 10 heteroatoms. The fourth-order valence-corrected chi connectivity index (χ4v) is 4.40. The number of hydrogen-bond donors (Lipinski definition) is 1. The molecule has 1 aliphatic rings. The second-order valence-electron chi connectivity index (χ2n) is 6.86. The zero-order valence-electron chi connectivity index (χ0n) is 16.8. The number of carbonyl (C=O) groups excluding carboxylic acids is 1. The van der Waals surface area contributed by atoms with Crippen LogP contribution in [0.4, 0.5) is 15.8 Å². The van der Waals surface area contributed by atoms with Gasteiger partial charge < -0.3 is 10.1 Å². The summed E-state index contributed by atoms with van der Waals surface area (Å²) in [6.45, 7) is 0.274. The number of nitro benzene ring substituents is 1. The van der Waals surface area contributed by atoms with Crippen LogP contribution in [-0.2, 0) is 11.4 Å². The number of nitrogens with one attached hydrogen (secondary N) is 1. The van der Waals surface area contributed by atoms with Crippen LogP contribution in [0, 0.1) is 19.5 Å². The smallest absolute Gasteiger partial charge is 0.269 e. The molecule has 0 unspecified atom stereocenters. The van der Waals surface area contributed by atoms with Crippen molar-refractivity contribution in [1.82, 2.24) is 5.32 Å². The van der Waals surface area contributed by atoms with Gasteiger partial charge in [-0.1, -0.05) is 6.07 Å². The van der Waals surface area contributed by atoms with Gasteiger partial charge in [-0.05, 0) is 100 Å². The van der Waals surface area contributed by atoms with E-state index in [-0.39, 0.29) is 24.0 Å². The lowest BCUT2D eigenvalue weighted by Crippen LogP contribution is -2.19. The summed E-state index contributed by atoms with van der Waals surface area (Å²) in [6.07, 6.45) is 1.76. The van der Waals surface area contributed by atoms with Crippen LogP contribution in [0.15, 0.2) is 76.6 Å². The Morgan fingerprint density at radius 2 is 1.85 bits per heavy atom. The fourth-order valence-electron chi connectivity index (χ4n) is 2.86. The van der Waals surface area contributed by atoms with Crippen LogP contribution in [0.2, 0.25) is 0 Å². The summed E-state index contributed by atoms with van der Waals surface area (Å²) in [5.74, 6) is 0.0602. The van der Waals surface area contributed by atoms with Crippen LogP contribution >= 0.6 is 34.4 Å². The highest BCUT2D eigenvalue weighted by Gasteiger charge is 2.24. The number of aliphatic imine (C=N–C) groups is 1. The summed E-state index contributed by atoms with van der Waals surface area (Å²) in [4.78, 5) is 27.4. The molecular weight excluding hydrogens is 560 g/mol. The monoisotopic (exact) mass is 575 g/mol. The number of benzene rings is 3. The largest absolute Gasteiger partial charge is 0.488 e. The lowest BCUT2D eigenvalue weighted by Gasteiger charge is -2.09. The number of nitrogens with zero attached hydrogens (tertiary/aromatic N) is 2. The Bertz CT molecular complexity index is 1280. The highest BCUT2D eigenvalue weighted by atomic mass is 127. The SMILES string of the molecule is O=C1NC(=Nc2ccc(F)cc2)S/C1=C/c1ccc(OCc2ccc([N+](=O)[O-])cc2)c(I)c1. The van der Waals surface area contributed by atoms with Crippen LogP contribution in [-0.4, -0.2) is 16.0 Å². The Morgan fingerprint density at radius 3 is 2.52 bits per heavy atom. The molecule has 3 aromatic rings. The summed E-state index contributed by atoms with van der Waals surface area (Å²) >= 11 is 3.36. The molecule has 0 radical (unpaired) electrons. The minimum Gasteiger partial charge on any atom is -0.488 e. The van der Waals surface area contributed by atoms with Crippen molar-refractivity contribution in [3.63, 3.8) is 0 Å². The standard InChI is InChI=1S/C23H15FIN3O4S/c24-16-4-6-17(7-5-16)26-23-27-22(29)21(33-23)12-15-3-10-20(19(25)11-15)32-13-14-1-8-18(9-2-14)28(30)31/h1-12H,13H2,(H,26,27,29)/b21-12+. The Labute approximate surface area is 206 Å². The molecule has 1 amide bonds. The van der Waals surface area contributed by atoms with Crippen LogP contribution in [0.25, 0.3) is 6.08 Å². The van der Waals surface area contributed by atoms with Crippen LogP contribution in [0.1, 0.15) is 11.1 Å². The number of non-ortho nitro benzene ring substituents is 1. The molecule has 1 N–H and O–H groups in total. The average Bonchev–Trinajstić information content (AvgIpc) is 3.13. The normalized spacial score (nSPS) is 15.6. The second-order valence-corrected chi connectivity index (χ2v) is 9.05. The van der Waals surface area contributed by atoms with Gasteiger partial charge >= 0.3 is 0 Å². The third kappa shape index (κ3) is 5.96. The van der Waals surface area contributed by atoms with Crippen molar-refractivity contribution < 1.29 is 18.8 Å². The van der Waals surface area contributed by atoms with Gasteiger partial charge in [-0.3, -0.25) is 14.9 Å². The Balaban J connectivity index is 1.42. The first-order chi connectivity index (χ1) is 15.9. The van der Waals surface area contributed by atoms with Crippen molar-refractivity contribution in [3.8, 4) is 5.75 Å². The molecule has 1 aliphatic heterocycles. The molecule has 1 saturated heterocycles. The molecule has 3 aromatic carbocycles. The number of rotatable bonds is 6. The number of thioether (sulfide) groups is 1. The molecule has 0 spiro atoms. The van der Waals surface area contributed by atoms with E-state index >= 15 is 0 Å². The van der Waals surface area contributed by atoms with Gasteiger partial charge in [-0.2, -0.15) is 0 Å². The van der Waals surface area contributed by atoms with Crippen LogP contribution in [0.5, 0.6) is 5.75 Å². The maximum atomic E-state index is 13.0. The molecule has 0 saturated carbocycles. The number of ether oxygens (including phenoxy) is 1. The van der Waals surface area contributed by atoms with Gasteiger partial charge in [-0.25, -0.2) is 9.38 Å². The van der Waals surface area contributed by atoms with Gasteiger partial charge in [-0.15, -0.1) is 0 Å². The van der Waals surface area contributed by atoms with Gasteiger partial charge in [0.2, 0.25) is 0 Å². The Morgan fingerprint density at radius 1 is 1.12 bits per heavy atom. The molecule has 0 bridgehead atoms. The van der Waals surface area contributed by atoms with E-state index in [0.717, 1.165) is 14.7 Å². The number of halogens is 2. The van der Waals surface area contributed by atoms with Gasteiger partial charge in [0.1, 0.15) is 18.2 Å². The number of amidine groups is 1. The van der Waals surface area contributed by atoms with Crippen molar-refractivity contribution in [2.75, 3.05) is 0 Å². The van der Waals surface area contributed by atoms with E-state index in [1.54, 1.807) is 18.2 Å². The topological polar surface area (TPSA) is 93.8 Å². The molecule has 0 aliphatic carbocycles. The van der Waals surface area contributed by atoms with Gasteiger partial charge in [0.25, 0.3) is 11.6 Å². The minimum absolute atomic E-state index is 0.0328. The third-order valence-electron chi connectivity index (χ3n) is 4.50. The molecule has 1 fully saturated rings. The highest BCUT2D eigenvalue weighted by molar-refractivity contribution is 14.1. The number of hydrogen-bond acceptors (Lipinski definition) is 6. The van der Waals surface area contributed by atoms with Crippen molar-refractivity contribution in [2.45, 2.75) is 6.61 Å². The lowest BCUT2D eigenvalue weighted by molar-refractivity contribution is -0.384.